The van der Waals surface area contributed by atoms with Gasteiger partial charge in [0.15, 0.2) is 0 Å². The number of nitriles is 1. The molecule has 6 nitrogen and oxygen atoms in total. The number of benzene rings is 2. The first-order valence-corrected chi connectivity index (χ1v) is 9.72. The summed E-state index contributed by atoms with van der Waals surface area (Å²) < 4.78 is 1.31. The number of nitrogens with one attached hydrogen (secondary N) is 1. The fourth-order valence-electron chi connectivity index (χ4n) is 3.16. The molecule has 0 aliphatic carbocycles. The summed E-state index contributed by atoms with van der Waals surface area (Å²) in [6.07, 6.45) is 1.40. The number of aryl methyl sites for hydroxylation is 1. The van der Waals surface area contributed by atoms with Crippen LogP contribution >= 0.6 is 11.3 Å². The van der Waals surface area contributed by atoms with Crippen LogP contribution in [0.25, 0.3) is 20.7 Å². The van der Waals surface area contributed by atoms with Crippen molar-refractivity contribution in [1.29, 1.82) is 5.26 Å². The van der Waals surface area contributed by atoms with Gasteiger partial charge in [-0.1, -0.05) is 36.4 Å². The third-order valence-electron chi connectivity index (χ3n) is 4.54. The van der Waals surface area contributed by atoms with Gasteiger partial charge in [0.2, 0.25) is 5.91 Å². The molecule has 7 heteroatoms. The van der Waals surface area contributed by atoms with Crippen LogP contribution in [0.1, 0.15) is 11.1 Å². The van der Waals surface area contributed by atoms with E-state index in [0.29, 0.717) is 21.5 Å². The molecule has 0 spiro atoms. The molecule has 1 N–H and O–H groups in total. The van der Waals surface area contributed by atoms with Crippen molar-refractivity contribution in [3.63, 3.8) is 0 Å². The minimum Gasteiger partial charge on any atom is -0.324 e. The number of hydrogen-bond donors (Lipinski definition) is 1. The second kappa shape index (κ2) is 7.70. The third-order valence-corrected chi connectivity index (χ3v) is 5.79. The highest BCUT2D eigenvalue weighted by Gasteiger charge is 2.16. The average Bonchev–Trinajstić information content (AvgIpc) is 3.08. The van der Waals surface area contributed by atoms with E-state index in [1.54, 1.807) is 24.3 Å². The molecule has 0 saturated carbocycles. The lowest BCUT2D eigenvalue weighted by Crippen LogP contribution is -2.27. The summed E-state index contributed by atoms with van der Waals surface area (Å²) in [7, 11) is 0. The van der Waals surface area contributed by atoms with E-state index in [2.05, 4.69) is 10.3 Å². The normalized spacial score (nSPS) is 10.6. The molecule has 0 fully saturated rings. The van der Waals surface area contributed by atoms with Crippen molar-refractivity contribution in [1.82, 2.24) is 9.55 Å². The van der Waals surface area contributed by atoms with Crippen LogP contribution in [0.3, 0.4) is 0 Å². The van der Waals surface area contributed by atoms with E-state index in [0.717, 1.165) is 16.0 Å². The number of carbonyl (C=O) groups excluding carboxylic acids is 1. The van der Waals surface area contributed by atoms with E-state index >= 15 is 0 Å². The van der Waals surface area contributed by atoms with Crippen molar-refractivity contribution in [3.8, 4) is 16.5 Å². The van der Waals surface area contributed by atoms with Crippen LogP contribution in [0.4, 0.5) is 5.69 Å². The van der Waals surface area contributed by atoms with Crippen molar-refractivity contribution < 1.29 is 4.79 Å². The SMILES string of the molecule is Cc1c(-c2ccccc2)sc2ncn(CC(=O)Nc3cccc(C#N)c3)c(=O)c12. The lowest BCUT2D eigenvalue weighted by molar-refractivity contribution is -0.116. The Morgan fingerprint density at radius 3 is 2.76 bits per heavy atom. The highest BCUT2D eigenvalue weighted by molar-refractivity contribution is 7.22. The molecule has 4 rings (SSSR count). The van der Waals surface area contributed by atoms with Gasteiger partial charge >= 0.3 is 0 Å². The lowest BCUT2D eigenvalue weighted by Gasteiger charge is -2.07. The molecule has 0 unspecified atom stereocenters. The molecule has 142 valence electrons. The Kier molecular flexibility index (Phi) is 4.94. The van der Waals surface area contributed by atoms with E-state index in [4.69, 9.17) is 5.26 Å². The first kappa shape index (κ1) is 18.6. The number of fused-ring (bicyclic) bond motifs is 1. The van der Waals surface area contributed by atoms with Crippen molar-refractivity contribution in [2.24, 2.45) is 0 Å². The zero-order valence-corrected chi connectivity index (χ0v) is 16.4. The van der Waals surface area contributed by atoms with Gasteiger partial charge in [-0.05, 0) is 36.2 Å². The number of anilines is 1. The number of amides is 1. The first-order valence-electron chi connectivity index (χ1n) is 8.91. The number of aromatic nitrogens is 2. The zero-order valence-electron chi connectivity index (χ0n) is 15.5. The maximum Gasteiger partial charge on any atom is 0.262 e. The topological polar surface area (TPSA) is 87.8 Å². The second-order valence-corrected chi connectivity index (χ2v) is 7.52. The van der Waals surface area contributed by atoms with Crippen molar-refractivity contribution in [2.45, 2.75) is 13.5 Å². The predicted octanol–water partition coefficient (Wildman–Crippen LogP) is 3.94. The van der Waals surface area contributed by atoms with Gasteiger partial charge < -0.3 is 5.32 Å². The maximum absolute atomic E-state index is 13.0. The van der Waals surface area contributed by atoms with Gasteiger partial charge in [-0.2, -0.15) is 5.26 Å². The largest absolute Gasteiger partial charge is 0.324 e. The highest BCUT2D eigenvalue weighted by Crippen LogP contribution is 2.35. The molecular weight excluding hydrogens is 384 g/mol. The molecule has 2 aromatic heterocycles. The van der Waals surface area contributed by atoms with Gasteiger partial charge in [-0.15, -0.1) is 11.3 Å². The summed E-state index contributed by atoms with van der Waals surface area (Å²) in [6, 6.07) is 18.5. The summed E-state index contributed by atoms with van der Waals surface area (Å²) in [6.45, 7) is 1.75. The Hall–Kier alpha value is -3.76. The fourth-order valence-corrected chi connectivity index (χ4v) is 4.30. The van der Waals surface area contributed by atoms with Crippen LogP contribution < -0.4 is 10.9 Å². The van der Waals surface area contributed by atoms with Gasteiger partial charge in [-0.25, -0.2) is 4.98 Å². The molecule has 2 heterocycles. The number of thiophene rings is 1. The van der Waals surface area contributed by atoms with Crippen LogP contribution in [0.15, 0.2) is 65.7 Å². The fraction of sp³-hybridized carbons (Fsp3) is 0.0909. The number of rotatable bonds is 4. The predicted molar refractivity (Wildman–Crippen MR) is 114 cm³/mol. The van der Waals surface area contributed by atoms with Gasteiger partial charge in [-0.3, -0.25) is 14.2 Å². The molecule has 0 radical (unpaired) electrons. The smallest absolute Gasteiger partial charge is 0.262 e. The van der Waals surface area contributed by atoms with Gasteiger partial charge in [0, 0.05) is 10.6 Å². The molecular formula is C22H16N4O2S. The van der Waals surface area contributed by atoms with Crippen molar-refractivity contribution in [3.05, 3.63) is 82.4 Å². The molecule has 0 aliphatic rings. The summed E-state index contributed by atoms with van der Waals surface area (Å²) >= 11 is 1.47. The van der Waals surface area contributed by atoms with Crippen LogP contribution in [-0.2, 0) is 11.3 Å². The number of nitrogens with zero attached hydrogens (tertiary/aromatic N) is 3. The first-order chi connectivity index (χ1) is 14.1. The minimum absolute atomic E-state index is 0.158. The summed E-state index contributed by atoms with van der Waals surface area (Å²) in [4.78, 5) is 31.4. The quantitative estimate of drug-likeness (QED) is 0.562. The van der Waals surface area contributed by atoms with E-state index < -0.39 is 0 Å². The molecule has 0 aliphatic heterocycles. The van der Waals surface area contributed by atoms with Crippen LogP contribution in [0.2, 0.25) is 0 Å². The maximum atomic E-state index is 13.0. The Morgan fingerprint density at radius 2 is 2.00 bits per heavy atom. The van der Waals surface area contributed by atoms with Crippen molar-refractivity contribution >= 4 is 33.1 Å². The van der Waals surface area contributed by atoms with E-state index in [1.807, 2.05) is 43.3 Å². The molecule has 4 aromatic rings. The Morgan fingerprint density at radius 1 is 1.21 bits per heavy atom. The van der Waals surface area contributed by atoms with Crippen LogP contribution in [-0.4, -0.2) is 15.5 Å². The van der Waals surface area contributed by atoms with E-state index in [1.165, 1.54) is 22.2 Å². The van der Waals surface area contributed by atoms with E-state index in [9.17, 15) is 9.59 Å². The van der Waals surface area contributed by atoms with Crippen LogP contribution in [0, 0.1) is 18.3 Å². The monoisotopic (exact) mass is 400 g/mol. The second-order valence-electron chi connectivity index (χ2n) is 6.52. The Balaban J connectivity index is 1.64. The molecule has 0 saturated heterocycles. The molecule has 0 bridgehead atoms. The standard InChI is InChI=1S/C22H16N4O2S/c1-14-19-21(29-20(14)16-7-3-2-4-8-16)24-13-26(22(19)28)12-18(27)25-17-9-5-6-15(10-17)11-23/h2-10,13H,12H2,1H3,(H,25,27). The highest BCUT2D eigenvalue weighted by atomic mass is 32.1. The molecule has 0 atom stereocenters. The van der Waals surface area contributed by atoms with Gasteiger partial charge in [0.05, 0.1) is 23.3 Å². The number of hydrogen-bond acceptors (Lipinski definition) is 5. The summed E-state index contributed by atoms with van der Waals surface area (Å²) in [5.41, 5.74) is 2.62. The van der Waals surface area contributed by atoms with E-state index in [-0.39, 0.29) is 18.0 Å². The number of carbonyl (C=O) groups is 1. The Bertz CT molecular complexity index is 1320. The molecule has 29 heavy (non-hydrogen) atoms. The molecule has 1 amide bonds. The van der Waals surface area contributed by atoms with Gasteiger partial charge in [0.1, 0.15) is 11.4 Å². The zero-order chi connectivity index (χ0) is 20.4. The average molecular weight is 400 g/mol. The van der Waals surface area contributed by atoms with Gasteiger partial charge in [0.25, 0.3) is 5.56 Å². The van der Waals surface area contributed by atoms with Crippen LogP contribution in [0.5, 0.6) is 0 Å². The summed E-state index contributed by atoms with van der Waals surface area (Å²) in [5.74, 6) is -0.362. The minimum atomic E-state index is -0.362. The Labute approximate surface area is 170 Å². The summed E-state index contributed by atoms with van der Waals surface area (Å²) in [5, 5.41) is 12.2. The van der Waals surface area contributed by atoms with Crippen molar-refractivity contribution in [2.75, 3.05) is 5.32 Å². The third kappa shape index (κ3) is 3.66. The lowest BCUT2D eigenvalue weighted by atomic mass is 10.1. The molecule has 2 aromatic carbocycles.